The summed E-state index contributed by atoms with van der Waals surface area (Å²) in [6.45, 7) is 7.07. The Kier molecular flexibility index (Phi) is 5.93. The summed E-state index contributed by atoms with van der Waals surface area (Å²) < 4.78 is 11.2. The van der Waals surface area contributed by atoms with Crippen LogP contribution in [-0.2, 0) is 9.47 Å². The summed E-state index contributed by atoms with van der Waals surface area (Å²) >= 11 is 5.95. The van der Waals surface area contributed by atoms with Gasteiger partial charge in [0, 0.05) is 25.2 Å². The normalized spacial score (nSPS) is 17.9. The second-order valence-corrected chi connectivity index (χ2v) is 7.45. The first-order valence-corrected chi connectivity index (χ1v) is 8.44. The van der Waals surface area contributed by atoms with Gasteiger partial charge in [-0.05, 0) is 57.2 Å². The molecular weight excluding hydrogens is 314 g/mol. The summed E-state index contributed by atoms with van der Waals surface area (Å²) in [5.74, 6) is 0.389. The van der Waals surface area contributed by atoms with Crippen LogP contribution in [0, 0.1) is 5.92 Å². The average Bonchev–Trinajstić information content (AvgIpc) is 2.49. The summed E-state index contributed by atoms with van der Waals surface area (Å²) in [6.07, 6.45) is 1.62. The van der Waals surface area contributed by atoms with Gasteiger partial charge in [-0.3, -0.25) is 0 Å². The number of rotatable bonds is 3. The van der Waals surface area contributed by atoms with Crippen molar-refractivity contribution in [2.75, 3.05) is 20.2 Å². The van der Waals surface area contributed by atoms with Gasteiger partial charge in [0.05, 0.1) is 6.10 Å². The van der Waals surface area contributed by atoms with E-state index in [9.17, 15) is 4.79 Å². The van der Waals surface area contributed by atoms with E-state index in [1.807, 2.05) is 45.0 Å². The van der Waals surface area contributed by atoms with Crippen molar-refractivity contribution < 1.29 is 14.3 Å². The Morgan fingerprint density at radius 3 is 2.26 bits per heavy atom. The molecule has 0 saturated carbocycles. The Balaban J connectivity index is 1.94. The van der Waals surface area contributed by atoms with Crippen molar-refractivity contribution in [1.82, 2.24) is 4.90 Å². The molecule has 2 rings (SSSR count). The van der Waals surface area contributed by atoms with Gasteiger partial charge in [-0.25, -0.2) is 4.79 Å². The summed E-state index contributed by atoms with van der Waals surface area (Å²) in [6, 6.07) is 7.80. The number of benzene rings is 1. The molecule has 1 aromatic rings. The van der Waals surface area contributed by atoms with E-state index in [1.165, 1.54) is 0 Å². The lowest BCUT2D eigenvalue weighted by Crippen LogP contribution is -2.42. The molecule has 0 aromatic heterocycles. The van der Waals surface area contributed by atoms with Crippen LogP contribution >= 0.6 is 11.6 Å². The van der Waals surface area contributed by atoms with Crippen molar-refractivity contribution in [2.45, 2.75) is 45.3 Å². The van der Waals surface area contributed by atoms with Crippen molar-refractivity contribution >= 4 is 17.7 Å². The number of hydrogen-bond donors (Lipinski definition) is 0. The highest BCUT2D eigenvalue weighted by Crippen LogP contribution is 2.34. The minimum Gasteiger partial charge on any atom is -0.444 e. The predicted octanol–water partition coefficient (Wildman–Crippen LogP) is 4.67. The lowest BCUT2D eigenvalue weighted by molar-refractivity contribution is -0.00231. The Morgan fingerprint density at radius 1 is 1.22 bits per heavy atom. The molecule has 1 heterocycles. The maximum absolute atomic E-state index is 12.1. The molecule has 0 aliphatic carbocycles. The predicted molar refractivity (Wildman–Crippen MR) is 91.7 cm³/mol. The van der Waals surface area contributed by atoms with Crippen molar-refractivity contribution in [2.24, 2.45) is 5.92 Å². The molecule has 23 heavy (non-hydrogen) atoms. The molecule has 1 saturated heterocycles. The molecule has 0 bridgehead atoms. The maximum atomic E-state index is 12.1. The number of carbonyl (C=O) groups is 1. The monoisotopic (exact) mass is 339 g/mol. The number of hydrogen-bond acceptors (Lipinski definition) is 3. The SMILES string of the molecule is CO[C@H](c1ccc(Cl)cc1)C1CCN(C(=O)OC(C)(C)C)CC1. The lowest BCUT2D eigenvalue weighted by atomic mass is 9.87. The molecule has 0 unspecified atom stereocenters. The van der Waals surface area contributed by atoms with Gasteiger partial charge in [-0.1, -0.05) is 23.7 Å². The average molecular weight is 340 g/mol. The fraction of sp³-hybridized carbons (Fsp3) is 0.611. The maximum Gasteiger partial charge on any atom is 0.410 e. The topological polar surface area (TPSA) is 38.8 Å². The number of carbonyl (C=O) groups excluding carboxylic acids is 1. The molecule has 1 aliphatic rings. The van der Waals surface area contributed by atoms with E-state index in [0.29, 0.717) is 19.0 Å². The number of likely N-dealkylation sites (tertiary alicyclic amines) is 1. The summed E-state index contributed by atoms with van der Waals surface area (Å²) in [5, 5.41) is 0.725. The highest BCUT2D eigenvalue weighted by Gasteiger charge is 2.31. The number of piperidine rings is 1. The van der Waals surface area contributed by atoms with E-state index in [0.717, 1.165) is 23.4 Å². The summed E-state index contributed by atoms with van der Waals surface area (Å²) in [7, 11) is 1.74. The first-order valence-electron chi connectivity index (χ1n) is 8.06. The number of nitrogens with zero attached hydrogens (tertiary/aromatic N) is 1. The van der Waals surface area contributed by atoms with E-state index in [-0.39, 0.29) is 12.2 Å². The van der Waals surface area contributed by atoms with Crippen molar-refractivity contribution in [1.29, 1.82) is 0 Å². The molecular formula is C18H26ClNO3. The number of amides is 1. The molecule has 4 nitrogen and oxygen atoms in total. The van der Waals surface area contributed by atoms with Crippen LogP contribution in [0.3, 0.4) is 0 Å². The largest absolute Gasteiger partial charge is 0.444 e. The van der Waals surface area contributed by atoms with E-state index in [4.69, 9.17) is 21.1 Å². The Hall–Kier alpha value is -1.26. The van der Waals surface area contributed by atoms with Crippen LogP contribution in [0.2, 0.25) is 5.02 Å². The summed E-state index contributed by atoms with van der Waals surface area (Å²) in [5.41, 5.74) is 0.680. The van der Waals surface area contributed by atoms with Gasteiger partial charge in [0.15, 0.2) is 0 Å². The van der Waals surface area contributed by atoms with Gasteiger partial charge in [0.25, 0.3) is 0 Å². The standard InChI is InChI=1S/C18H26ClNO3/c1-18(2,3)23-17(21)20-11-9-14(10-12-20)16(22-4)13-5-7-15(19)8-6-13/h5-8,14,16H,9-12H2,1-4H3/t16-/m1/s1. The van der Waals surface area contributed by atoms with Gasteiger partial charge < -0.3 is 14.4 Å². The van der Waals surface area contributed by atoms with Gasteiger partial charge in [-0.2, -0.15) is 0 Å². The Labute approximate surface area is 143 Å². The quantitative estimate of drug-likeness (QED) is 0.803. The lowest BCUT2D eigenvalue weighted by Gasteiger charge is -2.36. The minimum atomic E-state index is -0.452. The molecule has 1 aromatic carbocycles. The van der Waals surface area contributed by atoms with E-state index in [2.05, 4.69) is 0 Å². The fourth-order valence-corrected chi connectivity index (χ4v) is 3.09. The zero-order chi connectivity index (χ0) is 17.0. The Bertz CT molecular complexity index is 516. The highest BCUT2D eigenvalue weighted by molar-refractivity contribution is 6.30. The van der Waals surface area contributed by atoms with Crippen LogP contribution in [0.15, 0.2) is 24.3 Å². The molecule has 5 heteroatoms. The molecule has 1 atom stereocenters. The highest BCUT2D eigenvalue weighted by atomic mass is 35.5. The number of methoxy groups -OCH3 is 1. The van der Waals surface area contributed by atoms with Gasteiger partial charge in [0.2, 0.25) is 0 Å². The van der Waals surface area contributed by atoms with E-state index >= 15 is 0 Å². The fourth-order valence-electron chi connectivity index (χ4n) is 2.96. The third-order valence-corrected chi connectivity index (χ3v) is 4.32. The molecule has 128 valence electrons. The molecule has 0 N–H and O–H groups in total. The van der Waals surface area contributed by atoms with Gasteiger partial charge in [-0.15, -0.1) is 0 Å². The molecule has 1 fully saturated rings. The smallest absolute Gasteiger partial charge is 0.410 e. The first-order chi connectivity index (χ1) is 10.8. The second kappa shape index (κ2) is 7.54. The van der Waals surface area contributed by atoms with Crippen LogP contribution in [0.5, 0.6) is 0 Å². The van der Waals surface area contributed by atoms with Crippen molar-refractivity contribution in [3.63, 3.8) is 0 Å². The molecule has 1 aliphatic heterocycles. The van der Waals surface area contributed by atoms with Crippen LogP contribution < -0.4 is 0 Å². The minimum absolute atomic E-state index is 0.0352. The first kappa shape index (κ1) is 18.1. The van der Waals surface area contributed by atoms with Gasteiger partial charge >= 0.3 is 6.09 Å². The van der Waals surface area contributed by atoms with Crippen LogP contribution in [0.1, 0.15) is 45.3 Å². The molecule has 0 radical (unpaired) electrons. The van der Waals surface area contributed by atoms with E-state index in [1.54, 1.807) is 12.0 Å². The van der Waals surface area contributed by atoms with Gasteiger partial charge in [0.1, 0.15) is 5.60 Å². The number of ether oxygens (including phenoxy) is 2. The van der Waals surface area contributed by atoms with Crippen LogP contribution in [-0.4, -0.2) is 36.8 Å². The second-order valence-electron chi connectivity index (χ2n) is 7.01. The van der Waals surface area contributed by atoms with Crippen LogP contribution in [0.4, 0.5) is 4.79 Å². The van der Waals surface area contributed by atoms with Crippen molar-refractivity contribution in [3.05, 3.63) is 34.9 Å². The van der Waals surface area contributed by atoms with Crippen LogP contribution in [0.25, 0.3) is 0 Å². The zero-order valence-corrected chi connectivity index (χ0v) is 15.1. The Morgan fingerprint density at radius 2 is 1.78 bits per heavy atom. The van der Waals surface area contributed by atoms with E-state index < -0.39 is 5.60 Å². The van der Waals surface area contributed by atoms with Crippen molar-refractivity contribution in [3.8, 4) is 0 Å². The third kappa shape index (κ3) is 5.11. The number of halogens is 1. The molecule has 0 spiro atoms. The zero-order valence-electron chi connectivity index (χ0n) is 14.3. The third-order valence-electron chi connectivity index (χ3n) is 4.07. The summed E-state index contributed by atoms with van der Waals surface area (Å²) in [4.78, 5) is 13.9. The molecule has 1 amide bonds.